The molecule has 0 aliphatic carbocycles. The molecule has 2 aliphatic heterocycles. The lowest BCUT2D eigenvalue weighted by atomic mass is 9.96. The number of nitrogens with zero attached hydrogens (tertiary/aromatic N) is 2. The summed E-state index contributed by atoms with van der Waals surface area (Å²) in [6.45, 7) is 0. The lowest BCUT2D eigenvalue weighted by Crippen LogP contribution is -2.33. The van der Waals surface area contributed by atoms with Crippen LogP contribution in [0.3, 0.4) is 0 Å². The van der Waals surface area contributed by atoms with Gasteiger partial charge in [-0.05, 0) is 66.2 Å². The highest BCUT2D eigenvalue weighted by Gasteiger charge is 2.42. The number of rotatable bonds is 3. The van der Waals surface area contributed by atoms with Crippen LogP contribution in [0.1, 0.15) is 35.4 Å². The second-order valence-electron chi connectivity index (χ2n) is 7.23. The Kier molecular flexibility index (Phi) is 4.95. The maximum absolute atomic E-state index is 10.5. The molecule has 2 aliphatic rings. The summed E-state index contributed by atoms with van der Waals surface area (Å²) in [6, 6.07) is 19.3. The summed E-state index contributed by atoms with van der Waals surface area (Å²) in [5.74, 6) is 1.79. The first-order chi connectivity index (χ1) is 14.5. The summed E-state index contributed by atoms with van der Waals surface area (Å²) < 4.78 is 13.5. The van der Waals surface area contributed by atoms with Gasteiger partial charge in [-0.25, -0.2) is 5.01 Å². The molecule has 0 spiro atoms. The van der Waals surface area contributed by atoms with Crippen LogP contribution in [0.4, 0.5) is 0 Å². The molecular formula is C23H18Br2N2O3. The van der Waals surface area contributed by atoms with Gasteiger partial charge in [0.15, 0.2) is 0 Å². The van der Waals surface area contributed by atoms with Crippen molar-refractivity contribution in [3.05, 3.63) is 86.3 Å². The van der Waals surface area contributed by atoms with Gasteiger partial charge in [-0.15, -0.1) is 0 Å². The second-order valence-corrected chi connectivity index (χ2v) is 9.06. The van der Waals surface area contributed by atoms with Crippen LogP contribution < -0.4 is 9.47 Å². The van der Waals surface area contributed by atoms with Crippen LogP contribution in [0, 0.1) is 0 Å². The van der Waals surface area contributed by atoms with Crippen molar-refractivity contribution >= 4 is 37.6 Å². The molecule has 30 heavy (non-hydrogen) atoms. The van der Waals surface area contributed by atoms with Gasteiger partial charge in [-0.1, -0.05) is 31.9 Å². The number of hydrogen-bond donors (Lipinski definition) is 1. The van der Waals surface area contributed by atoms with E-state index in [-0.39, 0.29) is 11.8 Å². The molecule has 0 unspecified atom stereocenters. The summed E-state index contributed by atoms with van der Waals surface area (Å²) in [5.41, 5.74) is 3.75. The van der Waals surface area contributed by atoms with E-state index < -0.39 is 6.23 Å². The maximum atomic E-state index is 10.5. The number of fused-ring (bicyclic) bond motifs is 3. The third-order valence-corrected chi connectivity index (χ3v) is 6.42. The maximum Gasteiger partial charge on any atom is 0.217 e. The van der Waals surface area contributed by atoms with Gasteiger partial charge < -0.3 is 14.6 Å². The van der Waals surface area contributed by atoms with Crippen molar-refractivity contribution < 1.29 is 14.6 Å². The molecule has 3 aromatic carbocycles. The number of halogens is 2. The lowest BCUT2D eigenvalue weighted by molar-refractivity contribution is -0.0204. The van der Waals surface area contributed by atoms with Crippen LogP contribution >= 0.6 is 31.9 Å². The van der Waals surface area contributed by atoms with Crippen LogP contribution in [-0.2, 0) is 0 Å². The molecular weight excluding hydrogens is 512 g/mol. The fourth-order valence-corrected chi connectivity index (χ4v) is 4.70. The Bertz CT molecular complexity index is 1150. The minimum absolute atomic E-state index is 0.00623. The normalized spacial score (nSPS) is 19.6. The lowest BCUT2D eigenvalue weighted by Gasteiger charge is -2.38. The molecule has 0 saturated heterocycles. The van der Waals surface area contributed by atoms with E-state index in [9.17, 15) is 5.11 Å². The molecule has 1 N–H and O–H groups in total. The topological polar surface area (TPSA) is 54.3 Å². The van der Waals surface area contributed by atoms with Crippen molar-refractivity contribution in [3.63, 3.8) is 0 Å². The van der Waals surface area contributed by atoms with E-state index in [2.05, 4.69) is 37.9 Å². The highest BCUT2D eigenvalue weighted by atomic mass is 79.9. The predicted molar refractivity (Wildman–Crippen MR) is 122 cm³/mol. The molecule has 3 aromatic rings. The number of hydrazone groups is 1. The van der Waals surface area contributed by atoms with Crippen LogP contribution in [0.15, 0.2) is 74.7 Å². The minimum atomic E-state index is -0.531. The largest absolute Gasteiger partial charge is 0.507 e. The molecule has 7 heteroatoms. The Labute approximate surface area is 191 Å². The first-order valence-corrected chi connectivity index (χ1v) is 11.1. The molecule has 0 aromatic heterocycles. The average molecular weight is 530 g/mol. The zero-order valence-electron chi connectivity index (χ0n) is 16.0. The summed E-state index contributed by atoms with van der Waals surface area (Å²) in [5, 5.41) is 17.4. The van der Waals surface area contributed by atoms with Gasteiger partial charge in [0.2, 0.25) is 6.23 Å². The molecule has 152 valence electrons. The highest BCUT2D eigenvalue weighted by molar-refractivity contribution is 9.10. The highest BCUT2D eigenvalue weighted by Crippen LogP contribution is 2.49. The first kappa shape index (κ1) is 19.5. The number of ether oxygens (including phenoxy) is 2. The number of methoxy groups -OCH3 is 1. The van der Waals surface area contributed by atoms with Crippen molar-refractivity contribution in [2.75, 3.05) is 7.11 Å². The number of benzene rings is 3. The summed E-state index contributed by atoms with van der Waals surface area (Å²) >= 11 is 7.07. The van der Waals surface area contributed by atoms with Gasteiger partial charge in [0.25, 0.3) is 0 Å². The van der Waals surface area contributed by atoms with Gasteiger partial charge in [-0.2, -0.15) is 5.10 Å². The quantitative estimate of drug-likeness (QED) is 0.441. The third kappa shape index (κ3) is 3.36. The van der Waals surface area contributed by atoms with Crippen molar-refractivity contribution in [1.82, 2.24) is 5.01 Å². The molecule has 5 rings (SSSR count). The SMILES string of the molecule is COc1ccc(C2=NN3[C@H](C2)c2cc(Br)ccc2O[C@@H]3c2cc(Br)ccc2O)cc1. The Hall–Kier alpha value is -2.51. The van der Waals surface area contributed by atoms with Crippen LogP contribution in [-0.4, -0.2) is 22.9 Å². The van der Waals surface area contributed by atoms with E-state index in [4.69, 9.17) is 14.6 Å². The Balaban J connectivity index is 1.61. The van der Waals surface area contributed by atoms with Crippen LogP contribution in [0.5, 0.6) is 17.2 Å². The molecule has 0 saturated carbocycles. The van der Waals surface area contributed by atoms with Crippen molar-refractivity contribution in [3.8, 4) is 17.2 Å². The van der Waals surface area contributed by atoms with Crippen LogP contribution in [0.25, 0.3) is 0 Å². The van der Waals surface area contributed by atoms with Gasteiger partial charge in [0.05, 0.1) is 24.4 Å². The Morgan fingerprint density at radius 1 is 1.00 bits per heavy atom. The van der Waals surface area contributed by atoms with Crippen molar-refractivity contribution in [1.29, 1.82) is 0 Å². The van der Waals surface area contributed by atoms with Crippen molar-refractivity contribution in [2.24, 2.45) is 5.10 Å². The molecule has 2 atom stereocenters. The van der Waals surface area contributed by atoms with Gasteiger partial charge >= 0.3 is 0 Å². The average Bonchev–Trinajstić information content (AvgIpc) is 3.21. The molecule has 5 nitrogen and oxygen atoms in total. The zero-order chi connectivity index (χ0) is 20.8. The summed E-state index contributed by atoms with van der Waals surface area (Å²) in [7, 11) is 1.66. The van der Waals surface area contributed by atoms with Gasteiger partial charge in [0.1, 0.15) is 17.2 Å². The Morgan fingerprint density at radius 3 is 2.43 bits per heavy atom. The standard InChI is InChI=1S/C23H18Br2N2O3/c1-29-16-6-2-13(3-7-16)19-12-20-17-10-15(25)5-9-22(17)30-23(27(20)26-19)18-11-14(24)4-8-21(18)28/h2-11,20,23,28H,12H2,1H3/t20-,23-/m1/s1. The number of phenols is 1. The number of phenolic OH excluding ortho intramolecular Hbond substituents is 1. The predicted octanol–water partition coefficient (Wildman–Crippen LogP) is 6.17. The van der Waals surface area contributed by atoms with E-state index in [1.54, 1.807) is 19.2 Å². The van der Waals surface area contributed by atoms with E-state index in [1.165, 1.54) is 0 Å². The Morgan fingerprint density at radius 2 is 1.70 bits per heavy atom. The van der Waals surface area contributed by atoms with E-state index in [1.807, 2.05) is 47.5 Å². The monoisotopic (exact) mass is 528 g/mol. The summed E-state index contributed by atoms with van der Waals surface area (Å²) in [4.78, 5) is 0. The van der Waals surface area contributed by atoms with Crippen molar-refractivity contribution in [2.45, 2.75) is 18.7 Å². The fourth-order valence-electron chi connectivity index (χ4n) is 3.94. The van der Waals surface area contributed by atoms with Gasteiger partial charge in [0, 0.05) is 20.9 Å². The molecule has 2 heterocycles. The molecule has 0 fully saturated rings. The smallest absolute Gasteiger partial charge is 0.217 e. The molecule has 0 amide bonds. The summed E-state index contributed by atoms with van der Waals surface area (Å²) in [6.07, 6.45) is 0.210. The van der Waals surface area contributed by atoms with Gasteiger partial charge in [-0.3, -0.25) is 0 Å². The van der Waals surface area contributed by atoms with E-state index in [0.29, 0.717) is 5.56 Å². The number of aromatic hydroxyl groups is 1. The fraction of sp³-hybridized carbons (Fsp3) is 0.174. The van der Waals surface area contributed by atoms with Crippen LogP contribution in [0.2, 0.25) is 0 Å². The zero-order valence-corrected chi connectivity index (χ0v) is 19.2. The minimum Gasteiger partial charge on any atom is -0.507 e. The first-order valence-electron chi connectivity index (χ1n) is 9.48. The molecule has 0 radical (unpaired) electrons. The third-order valence-electron chi connectivity index (χ3n) is 5.43. The van der Waals surface area contributed by atoms with E-state index >= 15 is 0 Å². The number of hydrogen-bond acceptors (Lipinski definition) is 5. The van der Waals surface area contributed by atoms with E-state index in [0.717, 1.165) is 43.7 Å². The molecule has 0 bridgehead atoms. The second kappa shape index (κ2) is 7.63.